The zero-order chi connectivity index (χ0) is 12.0. The predicted octanol–water partition coefficient (Wildman–Crippen LogP) is 0.242. The fourth-order valence-electron chi connectivity index (χ4n) is 1.14. The molecule has 1 aromatic heterocycles. The topological polar surface area (TPSA) is 86.6 Å². The molecule has 1 atom stereocenters. The van der Waals surface area contributed by atoms with Crippen LogP contribution in [0.3, 0.4) is 0 Å². The number of aliphatic hydroxyl groups is 1. The minimum atomic E-state index is -1.23. The lowest BCUT2D eigenvalue weighted by Gasteiger charge is -2.10. The zero-order valence-corrected chi connectivity index (χ0v) is 9.37. The van der Waals surface area contributed by atoms with Crippen LogP contribution in [-0.4, -0.2) is 34.7 Å². The molecular formula is C10H13NO4S. The lowest BCUT2D eigenvalue weighted by Crippen LogP contribution is -2.43. The molecule has 0 aliphatic rings. The van der Waals surface area contributed by atoms with Crippen LogP contribution in [0.2, 0.25) is 0 Å². The number of aryl methyl sites for hydroxylation is 1. The van der Waals surface area contributed by atoms with Crippen molar-refractivity contribution < 1.29 is 19.8 Å². The molecule has 1 aromatic rings. The van der Waals surface area contributed by atoms with Gasteiger partial charge in [-0.05, 0) is 17.9 Å². The molecule has 1 heterocycles. The molecule has 16 heavy (non-hydrogen) atoms. The van der Waals surface area contributed by atoms with Crippen LogP contribution < -0.4 is 5.32 Å². The first kappa shape index (κ1) is 12.7. The van der Waals surface area contributed by atoms with Gasteiger partial charge >= 0.3 is 5.97 Å². The molecule has 0 unspecified atom stereocenters. The molecule has 88 valence electrons. The molecule has 0 bridgehead atoms. The summed E-state index contributed by atoms with van der Waals surface area (Å²) in [6, 6.07) is 2.60. The number of carboxylic acids is 1. The lowest BCUT2D eigenvalue weighted by atomic mass is 10.2. The molecular weight excluding hydrogens is 230 g/mol. The van der Waals surface area contributed by atoms with Crippen molar-refractivity contribution in [1.82, 2.24) is 5.32 Å². The van der Waals surface area contributed by atoms with E-state index in [0.717, 1.165) is 4.88 Å². The number of hydrogen-bond acceptors (Lipinski definition) is 4. The lowest BCUT2D eigenvalue weighted by molar-refractivity contribution is -0.142. The number of carboxylic acid groups (broad SMARTS) is 1. The van der Waals surface area contributed by atoms with Crippen LogP contribution in [0.4, 0.5) is 0 Å². The molecule has 0 aromatic carbocycles. The summed E-state index contributed by atoms with van der Waals surface area (Å²) in [4.78, 5) is 22.9. The van der Waals surface area contributed by atoms with E-state index in [0.29, 0.717) is 6.42 Å². The maximum Gasteiger partial charge on any atom is 0.328 e. The van der Waals surface area contributed by atoms with E-state index in [-0.39, 0.29) is 12.3 Å². The van der Waals surface area contributed by atoms with Gasteiger partial charge in [0.1, 0.15) is 6.04 Å². The van der Waals surface area contributed by atoms with Gasteiger partial charge in [-0.3, -0.25) is 4.79 Å². The predicted molar refractivity (Wildman–Crippen MR) is 59.3 cm³/mol. The van der Waals surface area contributed by atoms with E-state index in [4.69, 9.17) is 10.2 Å². The van der Waals surface area contributed by atoms with E-state index in [1.165, 1.54) is 0 Å². The first-order valence-electron chi connectivity index (χ1n) is 4.79. The summed E-state index contributed by atoms with van der Waals surface area (Å²) in [5.41, 5.74) is 0. The van der Waals surface area contributed by atoms with Crippen molar-refractivity contribution in [2.24, 2.45) is 0 Å². The van der Waals surface area contributed by atoms with Crippen LogP contribution >= 0.6 is 11.3 Å². The van der Waals surface area contributed by atoms with E-state index in [9.17, 15) is 9.59 Å². The van der Waals surface area contributed by atoms with Crippen LogP contribution in [0.1, 0.15) is 11.3 Å². The molecule has 0 spiro atoms. The van der Waals surface area contributed by atoms with Gasteiger partial charge in [0.25, 0.3) is 0 Å². The highest BCUT2D eigenvalue weighted by atomic mass is 32.1. The number of carbonyl (C=O) groups excluding carboxylic acids is 1. The first-order chi connectivity index (χ1) is 7.63. The Balaban J connectivity index is 2.33. The summed E-state index contributed by atoms with van der Waals surface area (Å²) in [6.45, 7) is -0.597. The van der Waals surface area contributed by atoms with Gasteiger partial charge in [0.15, 0.2) is 0 Å². The molecule has 5 nitrogen and oxygen atoms in total. The van der Waals surface area contributed by atoms with Gasteiger partial charge in [-0.25, -0.2) is 4.79 Å². The molecule has 0 saturated heterocycles. The smallest absolute Gasteiger partial charge is 0.328 e. The quantitative estimate of drug-likeness (QED) is 0.668. The van der Waals surface area contributed by atoms with Crippen LogP contribution in [0.25, 0.3) is 0 Å². The van der Waals surface area contributed by atoms with Gasteiger partial charge in [0.05, 0.1) is 6.61 Å². The highest BCUT2D eigenvalue weighted by Gasteiger charge is 2.18. The van der Waals surface area contributed by atoms with Gasteiger partial charge in [0.2, 0.25) is 5.91 Å². The normalized spacial score (nSPS) is 12.1. The Kier molecular flexibility index (Phi) is 4.94. The summed E-state index contributed by atoms with van der Waals surface area (Å²) >= 11 is 1.55. The number of aliphatic hydroxyl groups excluding tert-OH is 1. The van der Waals surface area contributed by atoms with E-state index >= 15 is 0 Å². The van der Waals surface area contributed by atoms with Crippen LogP contribution in [0, 0.1) is 0 Å². The Morgan fingerprint density at radius 1 is 1.50 bits per heavy atom. The summed E-state index contributed by atoms with van der Waals surface area (Å²) < 4.78 is 0. The monoisotopic (exact) mass is 243 g/mol. The van der Waals surface area contributed by atoms with Crippen molar-refractivity contribution in [3.8, 4) is 0 Å². The fraction of sp³-hybridized carbons (Fsp3) is 0.400. The molecule has 3 N–H and O–H groups in total. The Morgan fingerprint density at radius 2 is 2.25 bits per heavy atom. The van der Waals surface area contributed by atoms with Crippen molar-refractivity contribution >= 4 is 23.2 Å². The van der Waals surface area contributed by atoms with E-state index in [2.05, 4.69) is 5.32 Å². The third kappa shape index (κ3) is 4.00. The number of rotatable bonds is 6. The minimum absolute atomic E-state index is 0.226. The number of hydrogen-bond donors (Lipinski definition) is 3. The van der Waals surface area contributed by atoms with Crippen LogP contribution in [0.5, 0.6) is 0 Å². The summed E-state index contributed by atoms with van der Waals surface area (Å²) in [5, 5.41) is 21.5. The maximum atomic E-state index is 11.3. The average molecular weight is 243 g/mol. The Hall–Kier alpha value is -1.40. The van der Waals surface area contributed by atoms with E-state index in [1.807, 2.05) is 17.5 Å². The molecule has 0 saturated carbocycles. The number of thiophene rings is 1. The van der Waals surface area contributed by atoms with Gasteiger partial charge in [-0.1, -0.05) is 6.07 Å². The SMILES string of the molecule is O=C(CCc1cccs1)N[C@H](CO)C(=O)O. The summed E-state index contributed by atoms with van der Waals surface area (Å²) in [7, 11) is 0. The van der Waals surface area contributed by atoms with Crippen LogP contribution in [0.15, 0.2) is 17.5 Å². The molecule has 0 fully saturated rings. The first-order valence-corrected chi connectivity index (χ1v) is 5.67. The van der Waals surface area contributed by atoms with Crippen molar-refractivity contribution in [2.75, 3.05) is 6.61 Å². The highest BCUT2D eigenvalue weighted by Crippen LogP contribution is 2.10. The molecule has 0 aliphatic heterocycles. The van der Waals surface area contributed by atoms with Gasteiger partial charge < -0.3 is 15.5 Å². The van der Waals surface area contributed by atoms with Gasteiger partial charge in [-0.15, -0.1) is 11.3 Å². The summed E-state index contributed by atoms with van der Waals surface area (Å²) in [6.07, 6.45) is 0.811. The van der Waals surface area contributed by atoms with Crippen molar-refractivity contribution in [3.63, 3.8) is 0 Å². The largest absolute Gasteiger partial charge is 0.480 e. The molecule has 1 rings (SSSR count). The number of aliphatic carboxylic acids is 1. The Bertz CT molecular complexity index is 350. The minimum Gasteiger partial charge on any atom is -0.480 e. The highest BCUT2D eigenvalue weighted by molar-refractivity contribution is 7.09. The van der Waals surface area contributed by atoms with Crippen molar-refractivity contribution in [2.45, 2.75) is 18.9 Å². The maximum absolute atomic E-state index is 11.3. The number of nitrogens with one attached hydrogen (secondary N) is 1. The molecule has 1 amide bonds. The van der Waals surface area contributed by atoms with Gasteiger partial charge in [-0.2, -0.15) is 0 Å². The number of amides is 1. The second-order valence-electron chi connectivity index (χ2n) is 3.22. The Labute approximate surface area is 96.7 Å². The third-order valence-corrected chi connectivity index (χ3v) is 2.93. The number of carbonyl (C=O) groups is 2. The van der Waals surface area contributed by atoms with Crippen LogP contribution in [-0.2, 0) is 16.0 Å². The summed E-state index contributed by atoms with van der Waals surface area (Å²) in [5.74, 6) is -1.60. The second-order valence-corrected chi connectivity index (χ2v) is 4.25. The van der Waals surface area contributed by atoms with Gasteiger partial charge in [0, 0.05) is 11.3 Å². The second kappa shape index (κ2) is 6.24. The van der Waals surface area contributed by atoms with E-state index < -0.39 is 18.6 Å². The third-order valence-electron chi connectivity index (χ3n) is 1.99. The van der Waals surface area contributed by atoms with Crippen molar-refractivity contribution in [3.05, 3.63) is 22.4 Å². The average Bonchev–Trinajstić information content (AvgIpc) is 2.75. The van der Waals surface area contributed by atoms with E-state index in [1.54, 1.807) is 11.3 Å². The molecule has 6 heteroatoms. The zero-order valence-electron chi connectivity index (χ0n) is 8.55. The molecule has 0 aliphatic carbocycles. The standard InChI is InChI=1S/C10H13NO4S/c12-6-8(10(14)15)11-9(13)4-3-7-2-1-5-16-7/h1-2,5,8,12H,3-4,6H2,(H,11,13)(H,14,15)/t8-/m1/s1. The van der Waals surface area contributed by atoms with Crippen molar-refractivity contribution in [1.29, 1.82) is 0 Å². The fourth-order valence-corrected chi connectivity index (χ4v) is 1.85. The Morgan fingerprint density at radius 3 is 2.75 bits per heavy atom. The molecule has 0 radical (unpaired) electrons.